The van der Waals surface area contributed by atoms with E-state index in [0.717, 1.165) is 16.6 Å². The number of aromatic nitrogens is 4. The molecular weight excluding hydrogens is 292 g/mol. The van der Waals surface area contributed by atoms with E-state index in [-0.39, 0.29) is 11.5 Å². The molecule has 0 radical (unpaired) electrons. The van der Waals surface area contributed by atoms with Crippen molar-refractivity contribution in [3.05, 3.63) is 58.4 Å². The van der Waals surface area contributed by atoms with Gasteiger partial charge < -0.3 is 16.0 Å². The Morgan fingerprint density at radius 2 is 1.87 bits per heavy atom. The summed E-state index contributed by atoms with van der Waals surface area (Å²) in [4.78, 5) is 26.2. The number of fused-ring (bicyclic) bond motifs is 2. The van der Waals surface area contributed by atoms with Crippen LogP contribution in [0.15, 0.2) is 47.3 Å². The van der Waals surface area contributed by atoms with Gasteiger partial charge in [0, 0.05) is 6.54 Å². The highest BCUT2D eigenvalue weighted by molar-refractivity contribution is 5.93. The third-order valence-electron chi connectivity index (χ3n) is 3.63. The lowest BCUT2D eigenvalue weighted by molar-refractivity contribution is 1.10. The van der Waals surface area contributed by atoms with Crippen molar-refractivity contribution in [2.45, 2.75) is 6.54 Å². The fourth-order valence-electron chi connectivity index (χ4n) is 2.53. The second-order valence-corrected chi connectivity index (χ2v) is 5.26. The number of H-pyrrole nitrogens is 2. The molecule has 2 heterocycles. The molecule has 7 heteroatoms. The first-order valence-electron chi connectivity index (χ1n) is 7.16. The highest BCUT2D eigenvalue weighted by Crippen LogP contribution is 2.20. The predicted molar refractivity (Wildman–Crippen MR) is 90.2 cm³/mol. The molecule has 4 aromatic rings. The zero-order valence-corrected chi connectivity index (χ0v) is 12.1. The summed E-state index contributed by atoms with van der Waals surface area (Å²) in [6.45, 7) is 0.659. The van der Waals surface area contributed by atoms with Crippen molar-refractivity contribution in [2.75, 3.05) is 11.1 Å². The summed E-state index contributed by atoms with van der Waals surface area (Å²) in [7, 11) is 0. The SMILES string of the molecule is Nc1nc2cc3nc(NCc4ccccc4)[nH]c3cc2c(=O)[nH]1. The van der Waals surface area contributed by atoms with Crippen LogP contribution in [0, 0.1) is 0 Å². The number of hydrogen-bond acceptors (Lipinski definition) is 5. The smallest absolute Gasteiger partial charge is 0.260 e. The number of hydrogen-bond donors (Lipinski definition) is 4. The monoisotopic (exact) mass is 306 g/mol. The molecule has 2 aromatic carbocycles. The second kappa shape index (κ2) is 5.13. The molecule has 114 valence electrons. The summed E-state index contributed by atoms with van der Waals surface area (Å²) in [6.07, 6.45) is 0. The van der Waals surface area contributed by atoms with Gasteiger partial charge in [-0.1, -0.05) is 30.3 Å². The van der Waals surface area contributed by atoms with Gasteiger partial charge in [0.1, 0.15) is 0 Å². The van der Waals surface area contributed by atoms with Gasteiger partial charge in [-0.2, -0.15) is 0 Å². The van der Waals surface area contributed by atoms with Gasteiger partial charge in [0.25, 0.3) is 5.56 Å². The highest BCUT2D eigenvalue weighted by atomic mass is 16.1. The fraction of sp³-hybridized carbons (Fsp3) is 0.0625. The van der Waals surface area contributed by atoms with E-state index < -0.39 is 0 Å². The van der Waals surface area contributed by atoms with Gasteiger partial charge in [0.15, 0.2) is 0 Å². The number of anilines is 2. The Kier molecular flexibility index (Phi) is 2.97. The summed E-state index contributed by atoms with van der Waals surface area (Å²) in [5.74, 6) is 0.739. The number of nitrogen functional groups attached to an aromatic ring is 1. The van der Waals surface area contributed by atoms with Crippen LogP contribution in [0.4, 0.5) is 11.9 Å². The molecule has 0 fully saturated rings. The van der Waals surface area contributed by atoms with Crippen molar-refractivity contribution < 1.29 is 0 Å². The molecule has 0 aliphatic heterocycles. The van der Waals surface area contributed by atoms with Crippen LogP contribution >= 0.6 is 0 Å². The average molecular weight is 306 g/mol. The first kappa shape index (κ1) is 13.3. The van der Waals surface area contributed by atoms with E-state index in [1.54, 1.807) is 12.1 Å². The van der Waals surface area contributed by atoms with E-state index in [4.69, 9.17) is 5.73 Å². The second-order valence-electron chi connectivity index (χ2n) is 5.26. The lowest BCUT2D eigenvalue weighted by Crippen LogP contribution is -2.10. The van der Waals surface area contributed by atoms with Gasteiger partial charge in [0.05, 0.1) is 21.9 Å². The summed E-state index contributed by atoms with van der Waals surface area (Å²) in [5, 5.41) is 3.71. The number of aromatic amines is 2. The normalized spacial score (nSPS) is 11.1. The fourth-order valence-corrected chi connectivity index (χ4v) is 2.53. The third kappa shape index (κ3) is 2.48. The minimum atomic E-state index is -0.261. The molecule has 5 N–H and O–H groups in total. The van der Waals surface area contributed by atoms with Crippen molar-refractivity contribution in [3.8, 4) is 0 Å². The molecule has 4 rings (SSSR count). The van der Waals surface area contributed by atoms with Crippen LogP contribution in [0.3, 0.4) is 0 Å². The molecular formula is C16H14N6O. The molecule has 0 aliphatic carbocycles. The molecule has 0 unspecified atom stereocenters. The first-order chi connectivity index (χ1) is 11.2. The number of nitrogens with one attached hydrogen (secondary N) is 3. The van der Waals surface area contributed by atoms with Gasteiger partial charge >= 0.3 is 0 Å². The molecule has 7 nitrogen and oxygen atoms in total. The van der Waals surface area contributed by atoms with Crippen LogP contribution in [0.25, 0.3) is 21.9 Å². The lowest BCUT2D eigenvalue weighted by Gasteiger charge is -2.01. The highest BCUT2D eigenvalue weighted by Gasteiger charge is 2.08. The zero-order chi connectivity index (χ0) is 15.8. The van der Waals surface area contributed by atoms with Gasteiger partial charge in [0.2, 0.25) is 11.9 Å². The Balaban J connectivity index is 1.71. The maximum absolute atomic E-state index is 11.9. The Hall–Kier alpha value is -3.35. The van der Waals surface area contributed by atoms with Crippen LogP contribution in [0.1, 0.15) is 5.56 Å². The van der Waals surface area contributed by atoms with E-state index in [1.807, 2.05) is 30.3 Å². The number of benzene rings is 2. The van der Waals surface area contributed by atoms with E-state index in [0.29, 0.717) is 23.4 Å². The first-order valence-corrected chi connectivity index (χ1v) is 7.16. The Morgan fingerprint density at radius 1 is 1.04 bits per heavy atom. The molecule has 0 aliphatic rings. The van der Waals surface area contributed by atoms with Crippen molar-refractivity contribution in [3.63, 3.8) is 0 Å². The van der Waals surface area contributed by atoms with E-state index in [1.165, 1.54) is 0 Å². The van der Waals surface area contributed by atoms with Crippen LogP contribution < -0.4 is 16.6 Å². The quantitative estimate of drug-likeness (QED) is 0.462. The van der Waals surface area contributed by atoms with E-state index in [2.05, 4.69) is 25.3 Å². The molecule has 2 aromatic heterocycles. The molecule has 0 amide bonds. The summed E-state index contributed by atoms with van der Waals surface area (Å²) in [6, 6.07) is 13.5. The Morgan fingerprint density at radius 3 is 2.70 bits per heavy atom. The standard InChI is InChI=1S/C16H14N6O/c17-15-19-11-7-13-12(6-10(11)14(23)22-15)20-16(21-13)18-8-9-4-2-1-3-5-9/h1-7H,8H2,(H2,18,20,21)(H3,17,19,22,23). The minimum absolute atomic E-state index is 0.0970. The minimum Gasteiger partial charge on any atom is -0.369 e. The predicted octanol–water partition coefficient (Wildman–Crippen LogP) is 1.99. The topological polar surface area (TPSA) is 112 Å². The lowest BCUT2D eigenvalue weighted by atomic mass is 10.2. The maximum atomic E-state index is 11.9. The molecule has 0 atom stereocenters. The average Bonchev–Trinajstić information content (AvgIpc) is 2.94. The molecule has 23 heavy (non-hydrogen) atoms. The molecule has 0 saturated carbocycles. The van der Waals surface area contributed by atoms with Crippen LogP contribution in [-0.4, -0.2) is 19.9 Å². The van der Waals surface area contributed by atoms with Crippen molar-refractivity contribution >= 4 is 33.8 Å². The van der Waals surface area contributed by atoms with Crippen molar-refractivity contribution in [1.82, 2.24) is 19.9 Å². The number of imidazole rings is 1. The summed E-state index contributed by atoms with van der Waals surface area (Å²) in [5.41, 5.74) is 8.50. The summed E-state index contributed by atoms with van der Waals surface area (Å²) < 4.78 is 0. The molecule has 0 spiro atoms. The molecule has 0 bridgehead atoms. The van der Waals surface area contributed by atoms with Crippen LogP contribution in [0.5, 0.6) is 0 Å². The van der Waals surface area contributed by atoms with Gasteiger partial charge in [-0.15, -0.1) is 0 Å². The zero-order valence-electron chi connectivity index (χ0n) is 12.1. The van der Waals surface area contributed by atoms with Gasteiger partial charge in [-0.3, -0.25) is 9.78 Å². The Labute approximate surface area is 130 Å². The van der Waals surface area contributed by atoms with E-state index in [9.17, 15) is 4.79 Å². The maximum Gasteiger partial charge on any atom is 0.260 e. The van der Waals surface area contributed by atoms with E-state index >= 15 is 0 Å². The van der Waals surface area contributed by atoms with Crippen molar-refractivity contribution in [1.29, 1.82) is 0 Å². The number of rotatable bonds is 3. The number of nitrogens with zero attached hydrogens (tertiary/aromatic N) is 2. The summed E-state index contributed by atoms with van der Waals surface area (Å²) >= 11 is 0. The van der Waals surface area contributed by atoms with Crippen molar-refractivity contribution in [2.24, 2.45) is 0 Å². The largest absolute Gasteiger partial charge is 0.369 e. The number of nitrogens with two attached hydrogens (primary N) is 1. The third-order valence-corrected chi connectivity index (χ3v) is 3.63. The van der Waals surface area contributed by atoms with Gasteiger partial charge in [-0.25, -0.2) is 9.97 Å². The Bertz CT molecular complexity index is 1050. The molecule has 0 saturated heterocycles. The van der Waals surface area contributed by atoms with Gasteiger partial charge in [-0.05, 0) is 17.7 Å². The van der Waals surface area contributed by atoms with Crippen LogP contribution in [0.2, 0.25) is 0 Å². The van der Waals surface area contributed by atoms with Crippen LogP contribution in [-0.2, 0) is 6.54 Å².